The van der Waals surface area contributed by atoms with E-state index in [0.717, 1.165) is 5.56 Å². The molecule has 2 aromatic carbocycles. The lowest BCUT2D eigenvalue weighted by molar-refractivity contribution is 0.112. The third kappa shape index (κ3) is 2.84. The summed E-state index contributed by atoms with van der Waals surface area (Å²) in [5, 5.41) is 0. The Morgan fingerprint density at radius 2 is 1.72 bits per heavy atom. The molecule has 0 heterocycles. The van der Waals surface area contributed by atoms with Crippen LogP contribution in [-0.2, 0) is 11.1 Å². The number of carbonyl (C=O) groups is 1. The van der Waals surface area contributed by atoms with Gasteiger partial charge in [-0.25, -0.2) is 4.21 Å². The number of rotatable bonds is 4. The normalized spacial score (nSPS) is 11.8. The van der Waals surface area contributed by atoms with Crippen molar-refractivity contribution in [1.82, 2.24) is 0 Å². The molecule has 0 N–H and O–H groups in total. The molecule has 0 aliphatic rings. The van der Waals surface area contributed by atoms with Gasteiger partial charge in [-0.05, 0) is 31.2 Å². The van der Waals surface area contributed by atoms with Crippen molar-refractivity contribution in [2.45, 2.75) is 11.8 Å². The number of carbonyl (C=O) groups excluding carboxylic acids is 1. The van der Waals surface area contributed by atoms with E-state index in [1.54, 1.807) is 36.4 Å². The molecule has 0 saturated heterocycles. The minimum Gasteiger partial charge on any atom is -0.396 e. The maximum atomic E-state index is 12.0. The van der Waals surface area contributed by atoms with Gasteiger partial charge in [0.2, 0.25) is 11.1 Å². The summed E-state index contributed by atoms with van der Waals surface area (Å²) in [4.78, 5) is 11.4. The second-order valence-electron chi connectivity index (χ2n) is 3.79. The predicted octanol–water partition coefficient (Wildman–Crippen LogP) is 2.91. The van der Waals surface area contributed by atoms with Gasteiger partial charge in [0.15, 0.2) is 12.0 Å². The molecule has 18 heavy (non-hydrogen) atoms. The highest BCUT2D eigenvalue weighted by molar-refractivity contribution is 7.80. The minimum atomic E-state index is -1.61. The lowest BCUT2D eigenvalue weighted by Crippen LogP contribution is -2.02. The summed E-state index contributed by atoms with van der Waals surface area (Å²) in [6, 6.07) is 13.9. The predicted molar refractivity (Wildman–Crippen MR) is 70.0 cm³/mol. The van der Waals surface area contributed by atoms with Crippen molar-refractivity contribution < 1.29 is 13.2 Å². The van der Waals surface area contributed by atoms with Crippen LogP contribution in [0.2, 0.25) is 0 Å². The first-order chi connectivity index (χ1) is 8.70. The Kier molecular flexibility index (Phi) is 3.89. The van der Waals surface area contributed by atoms with E-state index in [4.69, 9.17) is 4.18 Å². The molecule has 1 atom stereocenters. The van der Waals surface area contributed by atoms with Crippen molar-refractivity contribution >= 4 is 17.4 Å². The van der Waals surface area contributed by atoms with E-state index in [1.165, 1.54) is 0 Å². The lowest BCUT2D eigenvalue weighted by atomic mass is 10.2. The molecule has 92 valence electrons. The van der Waals surface area contributed by atoms with E-state index in [1.807, 2.05) is 19.1 Å². The summed E-state index contributed by atoms with van der Waals surface area (Å²) in [6.45, 7) is 1.95. The van der Waals surface area contributed by atoms with Gasteiger partial charge in [-0.1, -0.05) is 29.8 Å². The van der Waals surface area contributed by atoms with Gasteiger partial charge in [-0.2, -0.15) is 0 Å². The Labute approximate surface area is 108 Å². The van der Waals surface area contributed by atoms with Gasteiger partial charge in [0.25, 0.3) is 0 Å². The molecule has 0 radical (unpaired) electrons. The van der Waals surface area contributed by atoms with E-state index in [0.29, 0.717) is 22.5 Å². The van der Waals surface area contributed by atoms with Crippen molar-refractivity contribution in [3.8, 4) is 5.75 Å². The Bertz CT molecular complexity index is 576. The molecular weight excluding hydrogens is 248 g/mol. The molecular formula is C14H12O3S. The van der Waals surface area contributed by atoms with Gasteiger partial charge < -0.3 is 4.18 Å². The van der Waals surface area contributed by atoms with Crippen molar-refractivity contribution in [2.24, 2.45) is 0 Å². The molecule has 2 rings (SSSR count). The van der Waals surface area contributed by atoms with Gasteiger partial charge in [-0.15, -0.1) is 0 Å². The molecule has 0 amide bonds. The number of hydrogen-bond donors (Lipinski definition) is 0. The van der Waals surface area contributed by atoms with Crippen LogP contribution in [0.1, 0.15) is 15.9 Å². The molecule has 0 aliphatic heterocycles. The van der Waals surface area contributed by atoms with E-state index in [9.17, 15) is 9.00 Å². The Morgan fingerprint density at radius 3 is 2.39 bits per heavy atom. The number of benzene rings is 2. The Balaban J connectivity index is 2.21. The topological polar surface area (TPSA) is 43.4 Å². The third-order valence-corrected chi connectivity index (χ3v) is 3.41. The maximum absolute atomic E-state index is 12.0. The highest BCUT2D eigenvalue weighted by atomic mass is 32.2. The minimum absolute atomic E-state index is 0.325. The first-order valence-corrected chi connectivity index (χ1v) is 6.49. The van der Waals surface area contributed by atoms with E-state index < -0.39 is 11.1 Å². The highest BCUT2D eigenvalue weighted by Crippen LogP contribution is 2.19. The molecule has 0 bridgehead atoms. The van der Waals surface area contributed by atoms with Gasteiger partial charge >= 0.3 is 0 Å². The summed E-state index contributed by atoms with van der Waals surface area (Å²) >= 11 is -1.61. The van der Waals surface area contributed by atoms with E-state index in [-0.39, 0.29) is 0 Å². The van der Waals surface area contributed by atoms with Gasteiger partial charge in [-0.3, -0.25) is 4.79 Å². The van der Waals surface area contributed by atoms with E-state index >= 15 is 0 Å². The summed E-state index contributed by atoms with van der Waals surface area (Å²) in [5.41, 5.74) is 1.47. The van der Waals surface area contributed by atoms with Crippen LogP contribution < -0.4 is 4.18 Å². The fourth-order valence-corrected chi connectivity index (χ4v) is 2.20. The first-order valence-electron chi connectivity index (χ1n) is 5.41. The SMILES string of the molecule is Cc1ccc(S(=O)Oc2ccccc2C=O)cc1. The fraction of sp³-hybridized carbons (Fsp3) is 0.0714. The zero-order valence-electron chi connectivity index (χ0n) is 9.83. The molecule has 0 fully saturated rings. The zero-order valence-corrected chi connectivity index (χ0v) is 10.6. The third-order valence-electron chi connectivity index (χ3n) is 2.42. The number of aryl methyl sites for hydroxylation is 1. The molecule has 3 nitrogen and oxygen atoms in total. The van der Waals surface area contributed by atoms with Crippen LogP contribution in [0.3, 0.4) is 0 Å². The quantitative estimate of drug-likeness (QED) is 0.794. The van der Waals surface area contributed by atoms with E-state index in [2.05, 4.69) is 0 Å². The summed E-state index contributed by atoms with van der Waals surface area (Å²) in [6.07, 6.45) is 0.682. The molecule has 1 unspecified atom stereocenters. The van der Waals surface area contributed by atoms with Crippen LogP contribution in [0, 0.1) is 6.92 Å². The number of para-hydroxylation sites is 1. The van der Waals surface area contributed by atoms with Crippen molar-refractivity contribution in [3.63, 3.8) is 0 Å². The second kappa shape index (κ2) is 5.60. The smallest absolute Gasteiger partial charge is 0.240 e. The van der Waals surface area contributed by atoms with Crippen LogP contribution in [0.4, 0.5) is 0 Å². The highest BCUT2D eigenvalue weighted by Gasteiger charge is 2.09. The van der Waals surface area contributed by atoms with Crippen LogP contribution >= 0.6 is 0 Å². The monoisotopic (exact) mass is 260 g/mol. The van der Waals surface area contributed by atoms with Gasteiger partial charge in [0, 0.05) is 0 Å². The Morgan fingerprint density at radius 1 is 1.06 bits per heavy atom. The lowest BCUT2D eigenvalue weighted by Gasteiger charge is -2.06. The van der Waals surface area contributed by atoms with Gasteiger partial charge in [0.1, 0.15) is 0 Å². The maximum Gasteiger partial charge on any atom is 0.240 e. The molecule has 0 saturated carbocycles. The Hall–Kier alpha value is -1.94. The summed E-state index contributed by atoms with van der Waals surface area (Å²) in [5.74, 6) is 0.325. The molecule has 0 aromatic heterocycles. The second-order valence-corrected chi connectivity index (χ2v) is 4.89. The molecule has 0 spiro atoms. The average molecular weight is 260 g/mol. The van der Waals surface area contributed by atoms with Crippen LogP contribution in [0.15, 0.2) is 53.4 Å². The van der Waals surface area contributed by atoms with Crippen LogP contribution in [-0.4, -0.2) is 10.5 Å². The molecule has 2 aromatic rings. The largest absolute Gasteiger partial charge is 0.396 e. The fourth-order valence-electron chi connectivity index (χ4n) is 1.43. The van der Waals surface area contributed by atoms with Crippen molar-refractivity contribution in [3.05, 3.63) is 59.7 Å². The first kappa shape index (κ1) is 12.5. The number of aldehydes is 1. The average Bonchev–Trinajstić information content (AvgIpc) is 2.40. The number of hydrogen-bond acceptors (Lipinski definition) is 3. The van der Waals surface area contributed by atoms with Crippen molar-refractivity contribution in [1.29, 1.82) is 0 Å². The van der Waals surface area contributed by atoms with Crippen LogP contribution in [0.25, 0.3) is 0 Å². The zero-order chi connectivity index (χ0) is 13.0. The van der Waals surface area contributed by atoms with Crippen LogP contribution in [0.5, 0.6) is 5.75 Å². The molecule has 4 heteroatoms. The standard InChI is InChI=1S/C14H12O3S/c1-11-6-8-13(9-7-11)18(16)17-14-5-3-2-4-12(14)10-15/h2-10H,1H3. The molecule has 0 aliphatic carbocycles. The van der Waals surface area contributed by atoms with Crippen molar-refractivity contribution in [2.75, 3.05) is 0 Å². The summed E-state index contributed by atoms with van der Waals surface area (Å²) in [7, 11) is 0. The summed E-state index contributed by atoms with van der Waals surface area (Å²) < 4.78 is 17.3. The van der Waals surface area contributed by atoms with Gasteiger partial charge in [0.05, 0.1) is 10.5 Å².